The van der Waals surface area contributed by atoms with Crippen molar-refractivity contribution in [1.29, 1.82) is 0 Å². The van der Waals surface area contributed by atoms with E-state index >= 15 is 0 Å². The molecule has 12 heteroatoms. The van der Waals surface area contributed by atoms with Gasteiger partial charge in [0.25, 0.3) is 0 Å². The molecule has 0 unspecified atom stereocenters. The van der Waals surface area contributed by atoms with Crippen molar-refractivity contribution >= 4 is 5.69 Å². The minimum Gasteiger partial charge on any atom is -0.493 e. The Bertz CT molecular complexity index is 1020. The fourth-order valence-corrected chi connectivity index (χ4v) is 2.47. The van der Waals surface area contributed by atoms with Crippen molar-refractivity contribution in [2.45, 2.75) is 19.3 Å². The van der Waals surface area contributed by atoms with Crippen LogP contribution in [0.2, 0.25) is 0 Å². The second-order valence-corrected chi connectivity index (χ2v) is 5.80. The Balaban J connectivity index is 1.73. The molecule has 1 N–H and O–H groups in total. The number of nitrogens with zero attached hydrogens (tertiary/aromatic N) is 2. The molecule has 3 aromatic rings. The molecule has 0 amide bonds. The number of halogens is 6. The molecule has 0 bridgehead atoms. The van der Waals surface area contributed by atoms with Crippen LogP contribution in [0.1, 0.15) is 11.5 Å². The first-order valence-corrected chi connectivity index (χ1v) is 8.24. The van der Waals surface area contributed by atoms with Crippen molar-refractivity contribution < 1.29 is 40.3 Å². The highest BCUT2D eigenvalue weighted by atomic mass is 19.4. The van der Waals surface area contributed by atoms with Crippen LogP contribution in [0.3, 0.4) is 0 Å². The molecule has 3 rings (SSSR count). The Labute approximate surface area is 165 Å². The zero-order chi connectivity index (χ0) is 21.9. The molecule has 0 aliphatic heterocycles. The van der Waals surface area contributed by atoms with E-state index in [-0.39, 0.29) is 35.4 Å². The third-order valence-electron chi connectivity index (χ3n) is 3.82. The van der Waals surface area contributed by atoms with Gasteiger partial charge in [0.1, 0.15) is 5.82 Å². The summed E-state index contributed by atoms with van der Waals surface area (Å²) < 4.78 is 90.8. The summed E-state index contributed by atoms with van der Waals surface area (Å²) in [6.45, 7) is -3.17. The Morgan fingerprint density at radius 1 is 1.10 bits per heavy atom. The normalized spacial score (nSPS) is 11.6. The van der Waals surface area contributed by atoms with Crippen molar-refractivity contribution in [1.82, 2.24) is 10.1 Å². The van der Waals surface area contributed by atoms with E-state index in [4.69, 9.17) is 9.26 Å². The van der Waals surface area contributed by atoms with E-state index in [9.17, 15) is 26.3 Å². The van der Waals surface area contributed by atoms with Crippen LogP contribution in [-0.4, -0.2) is 23.9 Å². The highest BCUT2D eigenvalue weighted by molar-refractivity contribution is 5.60. The van der Waals surface area contributed by atoms with E-state index in [1.807, 2.05) is 0 Å². The van der Waals surface area contributed by atoms with Gasteiger partial charge in [-0.15, -0.1) is 0 Å². The van der Waals surface area contributed by atoms with Crippen LogP contribution in [0.15, 0.2) is 40.9 Å². The Morgan fingerprint density at radius 2 is 1.87 bits per heavy atom. The van der Waals surface area contributed by atoms with Gasteiger partial charge < -0.3 is 19.3 Å². The Kier molecular flexibility index (Phi) is 6.04. The molecule has 0 radical (unpaired) electrons. The predicted octanol–water partition coefficient (Wildman–Crippen LogP) is 5.12. The molecule has 160 valence electrons. The molecule has 0 fully saturated rings. The van der Waals surface area contributed by atoms with E-state index in [0.29, 0.717) is 17.7 Å². The van der Waals surface area contributed by atoms with Gasteiger partial charge in [0.05, 0.1) is 19.2 Å². The number of alkyl halides is 5. The highest BCUT2D eigenvalue weighted by Gasteiger charge is 2.34. The van der Waals surface area contributed by atoms with Crippen LogP contribution in [0.5, 0.6) is 11.5 Å². The smallest absolute Gasteiger partial charge is 0.419 e. The predicted molar refractivity (Wildman–Crippen MR) is 91.6 cm³/mol. The number of hydrogen-bond acceptors (Lipinski definition) is 6. The quantitative estimate of drug-likeness (QED) is 0.522. The average molecular weight is 433 g/mol. The second-order valence-electron chi connectivity index (χ2n) is 5.80. The number of methoxy groups -OCH3 is 1. The summed E-state index contributed by atoms with van der Waals surface area (Å²) in [4.78, 5) is 4.07. The molecule has 0 spiro atoms. The number of nitrogens with one attached hydrogen (secondary N) is 1. The van der Waals surface area contributed by atoms with Gasteiger partial charge in [0, 0.05) is 11.3 Å². The summed E-state index contributed by atoms with van der Waals surface area (Å²) in [6.07, 6.45) is -4.83. The van der Waals surface area contributed by atoms with E-state index in [2.05, 4.69) is 20.2 Å². The maximum Gasteiger partial charge on any atom is 0.419 e. The minimum atomic E-state index is -4.83. The monoisotopic (exact) mass is 433 g/mol. The first kappa shape index (κ1) is 21.3. The van der Waals surface area contributed by atoms with Crippen LogP contribution in [0.4, 0.5) is 32.0 Å². The highest BCUT2D eigenvalue weighted by Crippen LogP contribution is 2.34. The number of ether oxygens (including phenoxy) is 2. The zero-order valence-corrected chi connectivity index (χ0v) is 15.1. The Morgan fingerprint density at radius 3 is 2.53 bits per heavy atom. The molecule has 1 heterocycles. The van der Waals surface area contributed by atoms with Crippen molar-refractivity contribution in [3.63, 3.8) is 0 Å². The molecule has 0 saturated heterocycles. The van der Waals surface area contributed by atoms with Gasteiger partial charge >= 0.3 is 12.8 Å². The van der Waals surface area contributed by atoms with Gasteiger partial charge in [-0.25, -0.2) is 4.39 Å². The lowest BCUT2D eigenvalue weighted by atomic mass is 10.2. The van der Waals surface area contributed by atoms with E-state index < -0.39 is 24.2 Å². The van der Waals surface area contributed by atoms with E-state index in [1.165, 1.54) is 25.3 Å². The van der Waals surface area contributed by atoms with Crippen LogP contribution in [0, 0.1) is 5.82 Å². The molecule has 30 heavy (non-hydrogen) atoms. The molecular formula is C18H13F6N3O3. The average Bonchev–Trinajstić information content (AvgIpc) is 3.15. The van der Waals surface area contributed by atoms with Gasteiger partial charge in [0.15, 0.2) is 11.5 Å². The summed E-state index contributed by atoms with van der Waals surface area (Å²) in [5, 5.41) is 6.35. The largest absolute Gasteiger partial charge is 0.493 e. The van der Waals surface area contributed by atoms with E-state index in [0.717, 1.165) is 6.07 Å². The summed E-state index contributed by atoms with van der Waals surface area (Å²) in [5.41, 5.74) is -1.04. The Hall–Kier alpha value is -3.44. The van der Waals surface area contributed by atoms with Gasteiger partial charge in [-0.2, -0.15) is 26.9 Å². The number of rotatable bonds is 7. The lowest BCUT2D eigenvalue weighted by Gasteiger charge is -2.10. The maximum absolute atomic E-state index is 13.3. The molecule has 2 aromatic carbocycles. The maximum atomic E-state index is 13.3. The van der Waals surface area contributed by atoms with Crippen molar-refractivity contribution in [3.8, 4) is 22.9 Å². The number of benzene rings is 2. The molecule has 0 saturated carbocycles. The standard InChI is InChI=1S/C18H13F6N3O3/c1-28-14-6-9(2-5-13(14)29-17(20)21)16-26-15(30-27-16)8-25-10-3-4-12(19)11(7-10)18(22,23)24/h2-7,17,25H,8H2,1H3. The lowest BCUT2D eigenvalue weighted by Crippen LogP contribution is -2.09. The van der Waals surface area contributed by atoms with Crippen LogP contribution in [0.25, 0.3) is 11.4 Å². The molecule has 0 atom stereocenters. The fraction of sp³-hybridized carbons (Fsp3) is 0.222. The number of hydrogen-bond donors (Lipinski definition) is 1. The molecular weight excluding hydrogens is 420 g/mol. The first-order chi connectivity index (χ1) is 14.2. The number of anilines is 1. The second kappa shape index (κ2) is 8.51. The van der Waals surface area contributed by atoms with Gasteiger partial charge in [-0.1, -0.05) is 5.16 Å². The number of aromatic nitrogens is 2. The van der Waals surface area contributed by atoms with E-state index in [1.54, 1.807) is 0 Å². The van der Waals surface area contributed by atoms with Gasteiger partial charge in [-0.3, -0.25) is 0 Å². The fourth-order valence-electron chi connectivity index (χ4n) is 2.47. The third-order valence-corrected chi connectivity index (χ3v) is 3.82. The van der Waals surface area contributed by atoms with Gasteiger partial charge in [-0.05, 0) is 36.4 Å². The topological polar surface area (TPSA) is 69.4 Å². The van der Waals surface area contributed by atoms with Crippen molar-refractivity contribution in [3.05, 3.63) is 53.7 Å². The van der Waals surface area contributed by atoms with Crippen LogP contribution >= 0.6 is 0 Å². The molecule has 0 aliphatic rings. The zero-order valence-electron chi connectivity index (χ0n) is 15.1. The summed E-state index contributed by atoms with van der Waals surface area (Å²) in [6, 6.07) is 6.45. The first-order valence-electron chi connectivity index (χ1n) is 8.24. The summed E-state index contributed by atoms with van der Waals surface area (Å²) in [5.74, 6) is -1.44. The lowest BCUT2D eigenvalue weighted by molar-refractivity contribution is -0.139. The van der Waals surface area contributed by atoms with Gasteiger partial charge in [0.2, 0.25) is 11.7 Å². The molecule has 6 nitrogen and oxygen atoms in total. The van der Waals surface area contributed by atoms with Crippen molar-refractivity contribution in [2.24, 2.45) is 0 Å². The van der Waals surface area contributed by atoms with Crippen LogP contribution < -0.4 is 14.8 Å². The molecule has 0 aliphatic carbocycles. The van der Waals surface area contributed by atoms with Crippen molar-refractivity contribution in [2.75, 3.05) is 12.4 Å². The van der Waals surface area contributed by atoms with Crippen LogP contribution in [-0.2, 0) is 12.7 Å². The SMILES string of the molecule is COc1cc(-c2noc(CNc3ccc(F)c(C(F)(F)F)c3)n2)ccc1OC(F)F. The molecule has 1 aromatic heterocycles. The third kappa shape index (κ3) is 4.93. The minimum absolute atomic E-state index is 0.00125. The summed E-state index contributed by atoms with van der Waals surface area (Å²) in [7, 11) is 1.26. The summed E-state index contributed by atoms with van der Waals surface area (Å²) >= 11 is 0.